The van der Waals surface area contributed by atoms with E-state index in [4.69, 9.17) is 0 Å². The summed E-state index contributed by atoms with van der Waals surface area (Å²) < 4.78 is 13.0. The number of hydrogen-bond acceptors (Lipinski definition) is 4. The Hall–Kier alpha value is -3.47. The van der Waals surface area contributed by atoms with Crippen molar-refractivity contribution in [3.63, 3.8) is 0 Å². The molecule has 0 aliphatic rings. The van der Waals surface area contributed by atoms with E-state index in [9.17, 15) is 9.18 Å². The Kier molecular flexibility index (Phi) is 9.34. The van der Waals surface area contributed by atoms with E-state index in [0.717, 1.165) is 28.2 Å². The molecule has 1 heterocycles. The maximum Gasteiger partial charge on any atom is 0.141 e. The number of pyridine rings is 1. The Labute approximate surface area is 197 Å². The number of Topliss-reactive ketones (excluding diaryl/α,β-unsaturated/α-hetero) is 1. The van der Waals surface area contributed by atoms with Crippen LogP contribution in [0.15, 0.2) is 91.1 Å². The number of nitrogens with zero attached hydrogens (tertiary/aromatic N) is 1. The minimum absolute atomic E-state index is 0.154. The first-order chi connectivity index (χ1) is 15.6. The fourth-order valence-corrected chi connectivity index (χ4v) is 3.54. The summed E-state index contributed by atoms with van der Waals surface area (Å²) in [7, 11) is 0. The van der Waals surface area contributed by atoms with E-state index in [-0.39, 0.29) is 11.6 Å². The lowest BCUT2D eigenvalue weighted by molar-refractivity contribution is -0.127. The van der Waals surface area contributed by atoms with Crippen molar-refractivity contribution in [3.05, 3.63) is 108 Å². The lowest BCUT2D eigenvalue weighted by atomic mass is 9.80. The summed E-state index contributed by atoms with van der Waals surface area (Å²) in [5.74, 6) is 0.395. The maximum absolute atomic E-state index is 13.0. The molecule has 0 amide bonds. The highest BCUT2D eigenvalue weighted by atomic mass is 19.1. The van der Waals surface area contributed by atoms with Crippen LogP contribution in [0.25, 0.3) is 5.70 Å². The van der Waals surface area contributed by atoms with Crippen molar-refractivity contribution in [2.24, 2.45) is 5.41 Å². The second-order valence-corrected chi connectivity index (χ2v) is 8.76. The average Bonchev–Trinajstić information content (AvgIpc) is 2.78. The summed E-state index contributed by atoms with van der Waals surface area (Å²) in [6, 6.07) is 12.8. The van der Waals surface area contributed by atoms with Gasteiger partial charge in [-0.05, 0) is 50.5 Å². The van der Waals surface area contributed by atoms with Gasteiger partial charge in [-0.1, -0.05) is 69.0 Å². The molecule has 0 saturated carbocycles. The molecule has 0 unspecified atom stereocenters. The first-order valence-corrected chi connectivity index (χ1v) is 11.0. The first kappa shape index (κ1) is 25.8. The molecule has 0 fully saturated rings. The second-order valence-electron chi connectivity index (χ2n) is 8.76. The molecule has 1 aromatic carbocycles. The SMILES string of the molecule is C=C(NC(=C)c1ccccc1)NC(/C=C(/C)CC(C)(C)C(=O)CCc1ccc(F)cn1)=C\C. The van der Waals surface area contributed by atoms with Crippen molar-refractivity contribution in [1.29, 1.82) is 0 Å². The average molecular weight is 448 g/mol. The molecule has 4 nitrogen and oxygen atoms in total. The molecular weight excluding hydrogens is 413 g/mol. The molecule has 0 spiro atoms. The zero-order chi connectivity index (χ0) is 24.4. The van der Waals surface area contributed by atoms with E-state index in [1.165, 1.54) is 12.3 Å². The standard InChI is InChI=1S/C28H34FN3O/c1-7-25(32-22(4)31-21(3)23-11-9-8-10-12-23)17-20(2)18-28(5,6)27(33)16-15-26-14-13-24(29)19-30-26/h7-14,17,19,31-32H,3-4,15-16,18H2,1-2,5-6H3/b20-17-,25-7-. The van der Waals surface area contributed by atoms with E-state index in [1.807, 2.05) is 70.2 Å². The van der Waals surface area contributed by atoms with Crippen molar-refractivity contribution in [1.82, 2.24) is 15.6 Å². The Morgan fingerprint density at radius 2 is 1.82 bits per heavy atom. The van der Waals surface area contributed by atoms with Crippen molar-refractivity contribution in [2.75, 3.05) is 0 Å². The van der Waals surface area contributed by atoms with E-state index in [0.29, 0.717) is 25.1 Å². The lowest BCUT2D eigenvalue weighted by Gasteiger charge is -2.24. The van der Waals surface area contributed by atoms with E-state index in [1.54, 1.807) is 6.07 Å². The number of ketones is 1. The Morgan fingerprint density at radius 1 is 1.12 bits per heavy atom. The molecule has 2 rings (SSSR count). The number of allylic oxidation sites excluding steroid dienone is 3. The van der Waals surface area contributed by atoms with Crippen molar-refractivity contribution in [3.8, 4) is 0 Å². The number of hydrogen-bond donors (Lipinski definition) is 2. The highest BCUT2D eigenvalue weighted by Gasteiger charge is 2.27. The normalized spacial score (nSPS) is 12.3. The van der Waals surface area contributed by atoms with Gasteiger partial charge in [-0.15, -0.1) is 0 Å². The van der Waals surface area contributed by atoms with Crippen molar-refractivity contribution in [2.45, 2.75) is 47.0 Å². The highest BCUT2D eigenvalue weighted by Crippen LogP contribution is 2.28. The van der Waals surface area contributed by atoms with Crippen LogP contribution in [-0.4, -0.2) is 10.8 Å². The predicted molar refractivity (Wildman–Crippen MR) is 134 cm³/mol. The highest BCUT2D eigenvalue weighted by molar-refractivity contribution is 5.84. The van der Waals surface area contributed by atoms with Gasteiger partial charge in [0.25, 0.3) is 0 Å². The zero-order valence-electron chi connectivity index (χ0n) is 20.0. The van der Waals surface area contributed by atoms with Gasteiger partial charge in [0.1, 0.15) is 17.4 Å². The Balaban J connectivity index is 1.91. The van der Waals surface area contributed by atoms with Gasteiger partial charge in [0.15, 0.2) is 0 Å². The van der Waals surface area contributed by atoms with Gasteiger partial charge < -0.3 is 10.6 Å². The Bertz CT molecular complexity index is 1030. The molecule has 5 heteroatoms. The molecule has 1 aromatic heterocycles. The molecular formula is C28H34FN3O. The quantitative estimate of drug-likeness (QED) is 0.374. The van der Waals surface area contributed by atoms with Crippen LogP contribution in [0.1, 0.15) is 51.8 Å². The third-order valence-electron chi connectivity index (χ3n) is 5.30. The second kappa shape index (κ2) is 12.0. The molecule has 0 aliphatic carbocycles. The largest absolute Gasteiger partial charge is 0.343 e. The van der Waals surface area contributed by atoms with Gasteiger partial charge in [-0.25, -0.2) is 4.39 Å². The number of benzene rings is 1. The van der Waals surface area contributed by atoms with Crippen LogP contribution in [-0.2, 0) is 11.2 Å². The summed E-state index contributed by atoms with van der Waals surface area (Å²) in [4.78, 5) is 16.9. The van der Waals surface area contributed by atoms with Gasteiger partial charge in [-0.2, -0.15) is 0 Å². The van der Waals surface area contributed by atoms with Gasteiger partial charge >= 0.3 is 0 Å². The fraction of sp³-hybridized carbons (Fsp3) is 0.286. The van der Waals surface area contributed by atoms with Crippen LogP contribution in [0.3, 0.4) is 0 Å². The molecule has 0 saturated heterocycles. The van der Waals surface area contributed by atoms with Gasteiger partial charge in [0, 0.05) is 28.9 Å². The molecule has 174 valence electrons. The molecule has 2 N–H and O–H groups in total. The monoisotopic (exact) mass is 447 g/mol. The number of carbonyl (C=O) groups is 1. The van der Waals surface area contributed by atoms with Crippen LogP contribution >= 0.6 is 0 Å². The van der Waals surface area contributed by atoms with Crippen LogP contribution in [0.5, 0.6) is 0 Å². The molecule has 33 heavy (non-hydrogen) atoms. The van der Waals surface area contributed by atoms with Crippen LogP contribution in [0.4, 0.5) is 4.39 Å². The van der Waals surface area contributed by atoms with Crippen molar-refractivity contribution >= 4 is 11.5 Å². The topological polar surface area (TPSA) is 54.0 Å². The summed E-state index contributed by atoms with van der Waals surface area (Å²) in [5, 5.41) is 6.44. The minimum Gasteiger partial charge on any atom is -0.343 e. The molecule has 2 aromatic rings. The van der Waals surface area contributed by atoms with Crippen LogP contribution in [0, 0.1) is 11.2 Å². The summed E-state index contributed by atoms with van der Waals surface area (Å²) in [6.45, 7) is 16.0. The maximum atomic E-state index is 13.0. The van der Waals surface area contributed by atoms with Crippen LogP contribution in [0.2, 0.25) is 0 Å². The first-order valence-electron chi connectivity index (χ1n) is 11.0. The molecule has 0 aliphatic heterocycles. The summed E-state index contributed by atoms with van der Waals surface area (Å²) in [6.07, 6.45) is 6.66. The Morgan fingerprint density at radius 3 is 2.42 bits per heavy atom. The third-order valence-corrected chi connectivity index (χ3v) is 5.30. The predicted octanol–water partition coefficient (Wildman–Crippen LogP) is 6.31. The van der Waals surface area contributed by atoms with E-state index in [2.05, 4.69) is 28.8 Å². The number of nitrogens with one attached hydrogen (secondary N) is 2. The van der Waals surface area contributed by atoms with Gasteiger partial charge in [0.2, 0.25) is 0 Å². The van der Waals surface area contributed by atoms with E-state index < -0.39 is 5.41 Å². The lowest BCUT2D eigenvalue weighted by Crippen LogP contribution is -2.26. The van der Waals surface area contributed by atoms with E-state index >= 15 is 0 Å². The number of carbonyl (C=O) groups excluding carboxylic acids is 1. The zero-order valence-corrected chi connectivity index (χ0v) is 20.0. The van der Waals surface area contributed by atoms with Crippen molar-refractivity contribution < 1.29 is 9.18 Å². The molecule has 0 atom stereocenters. The smallest absolute Gasteiger partial charge is 0.141 e. The molecule has 0 bridgehead atoms. The molecule has 0 radical (unpaired) electrons. The van der Waals surface area contributed by atoms with Gasteiger partial charge in [-0.3, -0.25) is 9.78 Å². The fourth-order valence-electron chi connectivity index (χ4n) is 3.54. The van der Waals surface area contributed by atoms with Crippen LogP contribution < -0.4 is 10.6 Å². The number of aromatic nitrogens is 1. The number of halogens is 1. The van der Waals surface area contributed by atoms with Gasteiger partial charge in [0.05, 0.1) is 6.20 Å². The summed E-state index contributed by atoms with van der Waals surface area (Å²) >= 11 is 0. The minimum atomic E-state index is -0.518. The third kappa shape index (κ3) is 8.53. The number of aryl methyl sites for hydroxylation is 1. The number of rotatable bonds is 12. The summed E-state index contributed by atoms with van der Waals surface area (Å²) in [5.41, 5.74) is 3.90.